The summed E-state index contributed by atoms with van der Waals surface area (Å²) in [7, 11) is 0. The van der Waals surface area contributed by atoms with Gasteiger partial charge in [-0.3, -0.25) is 0 Å². The van der Waals surface area contributed by atoms with Gasteiger partial charge in [0.05, 0.1) is 0 Å². The standard InChI is InChI=1S/C31H46O3/c1-4-7-10-12-14-20-26-22-18-25-30(28(26)23-15-13-11-8-5-2)34-31(32)33-29-24-17-16-21-27(29)19-9-6-3/h16-18,21-22,24-25H,4-15,19-20,23H2,1-3H3. The molecule has 0 aliphatic carbocycles. The first-order chi connectivity index (χ1) is 16.7. The molecule has 188 valence electrons. The Kier molecular flexibility index (Phi) is 14.1. The molecule has 0 spiro atoms. The average Bonchev–Trinajstić information content (AvgIpc) is 2.84. The van der Waals surface area contributed by atoms with Crippen molar-refractivity contribution < 1.29 is 14.3 Å². The van der Waals surface area contributed by atoms with Gasteiger partial charge in [-0.25, -0.2) is 4.79 Å². The third kappa shape index (κ3) is 10.3. The summed E-state index contributed by atoms with van der Waals surface area (Å²) in [5.74, 6) is 1.27. The lowest BCUT2D eigenvalue weighted by molar-refractivity contribution is 0.151. The maximum atomic E-state index is 12.8. The molecule has 0 heterocycles. The van der Waals surface area contributed by atoms with Gasteiger partial charge in [-0.1, -0.05) is 109 Å². The molecule has 2 aromatic carbocycles. The highest BCUT2D eigenvalue weighted by Crippen LogP contribution is 2.28. The van der Waals surface area contributed by atoms with E-state index in [2.05, 4.69) is 26.8 Å². The van der Waals surface area contributed by atoms with Gasteiger partial charge in [-0.15, -0.1) is 0 Å². The SMILES string of the molecule is CCCCCCCc1cccc(OC(=O)Oc2ccccc2CCCC)c1CCCCCCC. The zero-order valence-electron chi connectivity index (χ0n) is 21.9. The lowest BCUT2D eigenvalue weighted by Crippen LogP contribution is -2.16. The van der Waals surface area contributed by atoms with Crippen LogP contribution in [0.3, 0.4) is 0 Å². The first kappa shape index (κ1) is 28.0. The number of para-hydroxylation sites is 1. The molecule has 3 nitrogen and oxygen atoms in total. The van der Waals surface area contributed by atoms with Gasteiger partial charge in [0, 0.05) is 0 Å². The normalized spacial score (nSPS) is 10.9. The fraction of sp³-hybridized carbons (Fsp3) is 0.581. The Morgan fingerprint density at radius 3 is 1.79 bits per heavy atom. The Hall–Kier alpha value is -2.29. The molecule has 0 atom stereocenters. The molecular weight excluding hydrogens is 420 g/mol. The highest BCUT2D eigenvalue weighted by atomic mass is 16.7. The fourth-order valence-corrected chi connectivity index (χ4v) is 4.43. The number of hydrogen-bond donors (Lipinski definition) is 0. The Balaban J connectivity index is 2.09. The van der Waals surface area contributed by atoms with E-state index in [1.807, 2.05) is 36.4 Å². The van der Waals surface area contributed by atoms with Gasteiger partial charge in [0.2, 0.25) is 0 Å². The van der Waals surface area contributed by atoms with Gasteiger partial charge >= 0.3 is 6.16 Å². The van der Waals surface area contributed by atoms with Gasteiger partial charge in [0.25, 0.3) is 0 Å². The molecule has 2 aromatic rings. The molecule has 0 N–H and O–H groups in total. The number of rotatable bonds is 17. The number of carbonyl (C=O) groups is 1. The van der Waals surface area contributed by atoms with Gasteiger partial charge in [0.1, 0.15) is 11.5 Å². The van der Waals surface area contributed by atoms with Crippen LogP contribution in [0.5, 0.6) is 11.5 Å². The van der Waals surface area contributed by atoms with Gasteiger partial charge in [-0.05, 0) is 67.3 Å². The van der Waals surface area contributed by atoms with E-state index in [1.54, 1.807) is 0 Å². The summed E-state index contributed by atoms with van der Waals surface area (Å²) in [6.07, 6.45) is 16.8. The van der Waals surface area contributed by atoms with Gasteiger partial charge in [0.15, 0.2) is 0 Å². The maximum absolute atomic E-state index is 12.8. The van der Waals surface area contributed by atoms with Crippen LogP contribution in [0.25, 0.3) is 0 Å². The van der Waals surface area contributed by atoms with Crippen molar-refractivity contribution in [2.75, 3.05) is 0 Å². The molecule has 0 aliphatic rings. The number of carbonyl (C=O) groups excluding carboxylic acids is 1. The summed E-state index contributed by atoms with van der Waals surface area (Å²) in [5.41, 5.74) is 3.56. The first-order valence-corrected chi connectivity index (χ1v) is 13.8. The van der Waals surface area contributed by atoms with E-state index in [0.29, 0.717) is 11.5 Å². The molecule has 0 saturated heterocycles. The van der Waals surface area contributed by atoms with Crippen LogP contribution in [0.1, 0.15) is 115 Å². The van der Waals surface area contributed by atoms with Crippen molar-refractivity contribution in [1.82, 2.24) is 0 Å². The zero-order valence-corrected chi connectivity index (χ0v) is 21.9. The van der Waals surface area contributed by atoms with Crippen LogP contribution in [-0.4, -0.2) is 6.16 Å². The summed E-state index contributed by atoms with van der Waals surface area (Å²) in [6.45, 7) is 6.66. The van der Waals surface area contributed by atoms with Gasteiger partial charge < -0.3 is 9.47 Å². The number of ether oxygens (including phenoxy) is 2. The zero-order chi connectivity index (χ0) is 24.4. The lowest BCUT2D eigenvalue weighted by Gasteiger charge is -2.16. The van der Waals surface area contributed by atoms with E-state index in [1.165, 1.54) is 68.9 Å². The summed E-state index contributed by atoms with van der Waals surface area (Å²) in [4.78, 5) is 12.8. The Labute approximate surface area is 208 Å². The smallest absolute Gasteiger partial charge is 0.394 e. The van der Waals surface area contributed by atoms with Gasteiger partial charge in [-0.2, -0.15) is 0 Å². The molecule has 2 rings (SSSR count). The van der Waals surface area contributed by atoms with Crippen molar-refractivity contribution in [2.45, 2.75) is 117 Å². The van der Waals surface area contributed by atoms with E-state index in [4.69, 9.17) is 9.47 Å². The van der Waals surface area contributed by atoms with Crippen molar-refractivity contribution in [3.05, 3.63) is 59.2 Å². The van der Waals surface area contributed by atoms with E-state index in [-0.39, 0.29) is 0 Å². The first-order valence-electron chi connectivity index (χ1n) is 13.8. The van der Waals surface area contributed by atoms with E-state index < -0.39 is 6.16 Å². The summed E-state index contributed by atoms with van der Waals surface area (Å²) < 4.78 is 11.5. The second kappa shape index (κ2) is 17.2. The number of benzene rings is 2. The fourth-order valence-electron chi connectivity index (χ4n) is 4.43. The van der Waals surface area contributed by atoms with Crippen LogP contribution in [0, 0.1) is 0 Å². The molecule has 0 bridgehead atoms. The van der Waals surface area contributed by atoms with Crippen molar-refractivity contribution in [3.63, 3.8) is 0 Å². The van der Waals surface area contributed by atoms with Crippen LogP contribution in [0.15, 0.2) is 42.5 Å². The predicted octanol–water partition coefficient (Wildman–Crippen LogP) is 9.63. The Morgan fingerprint density at radius 2 is 1.09 bits per heavy atom. The molecule has 34 heavy (non-hydrogen) atoms. The minimum atomic E-state index is -0.642. The van der Waals surface area contributed by atoms with Crippen LogP contribution in [0.2, 0.25) is 0 Å². The van der Waals surface area contributed by atoms with Crippen molar-refractivity contribution in [1.29, 1.82) is 0 Å². The predicted molar refractivity (Wildman–Crippen MR) is 143 cm³/mol. The second-order valence-electron chi connectivity index (χ2n) is 9.39. The Morgan fingerprint density at radius 1 is 0.559 bits per heavy atom. The molecule has 0 amide bonds. The molecule has 0 radical (unpaired) electrons. The van der Waals surface area contributed by atoms with Crippen molar-refractivity contribution in [2.24, 2.45) is 0 Å². The number of aryl methyl sites for hydroxylation is 2. The topological polar surface area (TPSA) is 35.5 Å². The molecule has 0 aromatic heterocycles. The number of unbranched alkanes of at least 4 members (excludes halogenated alkanes) is 9. The quantitative estimate of drug-likeness (QED) is 0.132. The monoisotopic (exact) mass is 466 g/mol. The molecule has 0 unspecified atom stereocenters. The number of hydrogen-bond acceptors (Lipinski definition) is 3. The molecular formula is C31H46O3. The lowest BCUT2D eigenvalue weighted by atomic mass is 9.95. The van der Waals surface area contributed by atoms with Crippen molar-refractivity contribution in [3.8, 4) is 11.5 Å². The summed E-state index contributed by atoms with van der Waals surface area (Å²) in [6, 6.07) is 13.9. The molecule has 3 heteroatoms. The second-order valence-corrected chi connectivity index (χ2v) is 9.39. The van der Waals surface area contributed by atoms with E-state index >= 15 is 0 Å². The summed E-state index contributed by atoms with van der Waals surface area (Å²) in [5, 5.41) is 0. The third-order valence-electron chi connectivity index (χ3n) is 6.47. The highest BCUT2D eigenvalue weighted by molar-refractivity contribution is 5.68. The summed E-state index contributed by atoms with van der Waals surface area (Å²) >= 11 is 0. The van der Waals surface area contributed by atoms with E-state index in [0.717, 1.165) is 44.1 Å². The van der Waals surface area contributed by atoms with Crippen LogP contribution in [-0.2, 0) is 19.3 Å². The molecule has 0 aliphatic heterocycles. The average molecular weight is 467 g/mol. The Bertz CT molecular complexity index is 827. The van der Waals surface area contributed by atoms with Crippen LogP contribution >= 0.6 is 0 Å². The highest BCUT2D eigenvalue weighted by Gasteiger charge is 2.16. The molecule has 0 saturated carbocycles. The molecule has 0 fully saturated rings. The maximum Gasteiger partial charge on any atom is 0.519 e. The largest absolute Gasteiger partial charge is 0.519 e. The van der Waals surface area contributed by atoms with Crippen molar-refractivity contribution >= 4 is 6.16 Å². The minimum absolute atomic E-state index is 0.606. The van der Waals surface area contributed by atoms with Crippen LogP contribution in [0.4, 0.5) is 4.79 Å². The van der Waals surface area contributed by atoms with Crippen LogP contribution < -0.4 is 9.47 Å². The minimum Gasteiger partial charge on any atom is -0.394 e. The van der Waals surface area contributed by atoms with E-state index in [9.17, 15) is 4.79 Å². The third-order valence-corrected chi connectivity index (χ3v) is 6.47.